The van der Waals surface area contributed by atoms with Crippen LogP contribution in [0.3, 0.4) is 0 Å². The van der Waals surface area contributed by atoms with E-state index in [-0.39, 0.29) is 0 Å². The van der Waals surface area contributed by atoms with Crippen LogP contribution in [-0.4, -0.2) is 19.5 Å². The molecule has 0 aliphatic heterocycles. The summed E-state index contributed by atoms with van der Waals surface area (Å²) >= 11 is 0. The van der Waals surface area contributed by atoms with Gasteiger partial charge in [-0.3, -0.25) is 0 Å². The van der Waals surface area contributed by atoms with Gasteiger partial charge in [-0.1, -0.05) is 152 Å². The monoisotopic (exact) mass is 690 g/mol. The van der Waals surface area contributed by atoms with E-state index in [1.807, 2.05) is 72.8 Å². The van der Waals surface area contributed by atoms with Crippen molar-refractivity contribution in [2.75, 3.05) is 0 Å². The van der Waals surface area contributed by atoms with Crippen LogP contribution in [0.5, 0.6) is 0 Å². The minimum Gasteiger partial charge on any atom is -0.456 e. The number of nitrogens with zero attached hydrogens (tertiary/aromatic N) is 4. The van der Waals surface area contributed by atoms with E-state index in [2.05, 4.69) is 114 Å². The highest BCUT2D eigenvalue weighted by molar-refractivity contribution is 6.22. The largest absolute Gasteiger partial charge is 0.456 e. The maximum absolute atomic E-state index is 6.86. The Morgan fingerprint density at radius 3 is 1.69 bits per heavy atom. The molecule has 0 amide bonds. The molecule has 252 valence electrons. The lowest BCUT2D eigenvalue weighted by molar-refractivity contribution is 0.669. The SMILES string of the molecule is c1ccc(-c2nc(-c3ccccc3)nc(-c3cccc4oc5cc(-n6c7ccccc7c7c8ccccc8ccc76)cc(-c6ccccc6)c5c34)n2)cc1. The zero-order chi connectivity index (χ0) is 35.6. The lowest BCUT2D eigenvalue weighted by atomic mass is 9.96. The van der Waals surface area contributed by atoms with Gasteiger partial charge in [-0.05, 0) is 46.2 Å². The molecule has 3 aromatic heterocycles. The van der Waals surface area contributed by atoms with Crippen molar-refractivity contribution in [1.29, 1.82) is 0 Å². The van der Waals surface area contributed by atoms with Crippen molar-refractivity contribution in [2.24, 2.45) is 0 Å². The number of hydrogen-bond donors (Lipinski definition) is 0. The second-order valence-corrected chi connectivity index (χ2v) is 13.6. The van der Waals surface area contributed by atoms with Crippen LogP contribution in [0.25, 0.3) is 105 Å². The predicted octanol–water partition coefficient (Wildman–Crippen LogP) is 12.7. The molecule has 11 rings (SSSR count). The minimum atomic E-state index is 0.591. The van der Waals surface area contributed by atoms with Gasteiger partial charge >= 0.3 is 0 Å². The first-order valence-electron chi connectivity index (χ1n) is 18.1. The van der Waals surface area contributed by atoms with Gasteiger partial charge in [0.05, 0.1) is 16.7 Å². The van der Waals surface area contributed by atoms with E-state index in [0.29, 0.717) is 17.5 Å². The average molecular weight is 691 g/mol. The summed E-state index contributed by atoms with van der Waals surface area (Å²) in [6.45, 7) is 0. The van der Waals surface area contributed by atoms with Crippen LogP contribution in [-0.2, 0) is 0 Å². The van der Waals surface area contributed by atoms with Crippen molar-refractivity contribution in [2.45, 2.75) is 0 Å². The van der Waals surface area contributed by atoms with Crippen LogP contribution in [0.1, 0.15) is 0 Å². The Hall–Kier alpha value is -7.37. The van der Waals surface area contributed by atoms with Gasteiger partial charge in [-0.2, -0.15) is 0 Å². The highest BCUT2D eigenvalue weighted by Crippen LogP contribution is 2.44. The van der Waals surface area contributed by atoms with Crippen molar-refractivity contribution in [1.82, 2.24) is 19.5 Å². The molecule has 5 heteroatoms. The fourth-order valence-corrected chi connectivity index (χ4v) is 8.04. The standard InChI is InChI=1S/C49H30N4O/c1-4-15-31(16-5-1)39-29-35(53-40-25-13-12-23-37(40)44-36-22-11-10-17-32(36)27-28-41(44)53)30-43-46(39)45-38(24-14-26-42(45)54-43)49-51-47(33-18-6-2-7-19-33)50-48(52-49)34-20-8-3-9-21-34/h1-30H. The third-order valence-electron chi connectivity index (χ3n) is 10.4. The van der Waals surface area contributed by atoms with Gasteiger partial charge in [-0.25, -0.2) is 15.0 Å². The van der Waals surface area contributed by atoms with Crippen LogP contribution < -0.4 is 0 Å². The van der Waals surface area contributed by atoms with Gasteiger partial charge in [0, 0.05) is 44.3 Å². The molecule has 11 aromatic rings. The maximum atomic E-state index is 6.86. The Bertz CT molecular complexity index is 3140. The Morgan fingerprint density at radius 1 is 0.370 bits per heavy atom. The molecule has 0 atom stereocenters. The molecule has 0 aliphatic carbocycles. The summed E-state index contributed by atoms with van der Waals surface area (Å²) in [6, 6.07) is 63.2. The van der Waals surface area contributed by atoms with Gasteiger partial charge in [-0.15, -0.1) is 0 Å². The van der Waals surface area contributed by atoms with Gasteiger partial charge in [0.15, 0.2) is 17.5 Å². The average Bonchev–Trinajstić information content (AvgIpc) is 3.80. The first kappa shape index (κ1) is 30.3. The second-order valence-electron chi connectivity index (χ2n) is 13.6. The highest BCUT2D eigenvalue weighted by atomic mass is 16.3. The third-order valence-corrected chi connectivity index (χ3v) is 10.4. The number of furan rings is 1. The summed E-state index contributed by atoms with van der Waals surface area (Å²) in [6.07, 6.45) is 0. The zero-order valence-corrected chi connectivity index (χ0v) is 29.0. The molecule has 0 fully saturated rings. The summed E-state index contributed by atoms with van der Waals surface area (Å²) in [5.74, 6) is 1.83. The van der Waals surface area contributed by atoms with Crippen molar-refractivity contribution >= 4 is 54.5 Å². The molecule has 0 N–H and O–H groups in total. The third kappa shape index (κ3) is 4.76. The van der Waals surface area contributed by atoms with Gasteiger partial charge in [0.2, 0.25) is 0 Å². The zero-order valence-electron chi connectivity index (χ0n) is 29.0. The Kier molecular flexibility index (Phi) is 6.79. The molecule has 5 nitrogen and oxygen atoms in total. The first-order chi connectivity index (χ1) is 26.8. The molecule has 0 unspecified atom stereocenters. The summed E-state index contributed by atoms with van der Waals surface area (Å²) < 4.78 is 9.23. The summed E-state index contributed by atoms with van der Waals surface area (Å²) in [7, 11) is 0. The molecule has 0 bridgehead atoms. The molecule has 3 heterocycles. The Balaban J connectivity index is 1.22. The van der Waals surface area contributed by atoms with Crippen LogP contribution in [0, 0.1) is 0 Å². The predicted molar refractivity (Wildman–Crippen MR) is 221 cm³/mol. The topological polar surface area (TPSA) is 56.7 Å². The normalized spacial score (nSPS) is 11.7. The maximum Gasteiger partial charge on any atom is 0.164 e. The summed E-state index contributed by atoms with van der Waals surface area (Å²) in [5, 5.41) is 6.92. The first-order valence-corrected chi connectivity index (χ1v) is 18.1. The van der Waals surface area contributed by atoms with E-state index in [4.69, 9.17) is 19.4 Å². The lowest BCUT2D eigenvalue weighted by Gasteiger charge is -2.13. The van der Waals surface area contributed by atoms with Crippen LogP contribution >= 0.6 is 0 Å². The van der Waals surface area contributed by atoms with E-state index in [1.165, 1.54) is 21.5 Å². The Morgan fingerprint density at radius 2 is 0.963 bits per heavy atom. The van der Waals surface area contributed by atoms with Gasteiger partial charge in [0.25, 0.3) is 0 Å². The minimum absolute atomic E-state index is 0.591. The van der Waals surface area contributed by atoms with E-state index >= 15 is 0 Å². The number of benzene rings is 8. The fraction of sp³-hybridized carbons (Fsp3) is 0. The van der Waals surface area contributed by atoms with Crippen LogP contribution in [0.2, 0.25) is 0 Å². The molecular formula is C49H30N4O. The molecule has 8 aromatic carbocycles. The molecule has 0 aliphatic rings. The molecule has 54 heavy (non-hydrogen) atoms. The van der Waals surface area contributed by atoms with Crippen molar-refractivity contribution in [3.8, 4) is 51.0 Å². The van der Waals surface area contributed by atoms with E-state index in [1.54, 1.807) is 0 Å². The van der Waals surface area contributed by atoms with Crippen LogP contribution in [0.4, 0.5) is 0 Å². The van der Waals surface area contributed by atoms with E-state index < -0.39 is 0 Å². The van der Waals surface area contributed by atoms with Gasteiger partial charge < -0.3 is 8.98 Å². The van der Waals surface area contributed by atoms with Crippen molar-refractivity contribution in [3.63, 3.8) is 0 Å². The smallest absolute Gasteiger partial charge is 0.164 e. The molecule has 0 spiro atoms. The lowest BCUT2D eigenvalue weighted by Crippen LogP contribution is -2.00. The summed E-state index contributed by atoms with van der Waals surface area (Å²) in [4.78, 5) is 15.2. The van der Waals surface area contributed by atoms with Crippen molar-refractivity contribution in [3.05, 3.63) is 182 Å². The quantitative estimate of drug-likeness (QED) is 0.180. The van der Waals surface area contributed by atoms with Crippen LogP contribution in [0.15, 0.2) is 186 Å². The second kappa shape index (κ2) is 12.1. The van der Waals surface area contributed by atoms with Gasteiger partial charge in [0.1, 0.15) is 11.2 Å². The highest BCUT2D eigenvalue weighted by Gasteiger charge is 2.23. The molecular weight excluding hydrogens is 661 g/mol. The summed E-state index contributed by atoms with van der Waals surface area (Å²) in [5.41, 5.74) is 9.79. The van der Waals surface area contributed by atoms with E-state index in [9.17, 15) is 0 Å². The number of hydrogen-bond acceptors (Lipinski definition) is 4. The fourth-order valence-electron chi connectivity index (χ4n) is 8.04. The number of aromatic nitrogens is 4. The number of rotatable bonds is 5. The number of para-hydroxylation sites is 1. The number of fused-ring (bicyclic) bond motifs is 8. The molecule has 0 radical (unpaired) electrons. The Labute approximate surface area is 310 Å². The van der Waals surface area contributed by atoms with Crippen molar-refractivity contribution < 1.29 is 4.42 Å². The van der Waals surface area contributed by atoms with E-state index in [0.717, 1.165) is 66.5 Å². The molecule has 0 saturated heterocycles. The molecule has 0 saturated carbocycles.